The maximum Gasteiger partial charge on any atom is -0.0445 e. The van der Waals surface area contributed by atoms with Crippen molar-refractivity contribution in [3.8, 4) is 0 Å². The topological polar surface area (TPSA) is 0 Å². The molecular weight excluding hydrogens is 360 g/mol. The van der Waals surface area contributed by atoms with Crippen LogP contribution in [0.25, 0.3) is 0 Å². The van der Waals surface area contributed by atoms with Gasteiger partial charge in [-0.25, -0.2) is 0 Å². The summed E-state index contributed by atoms with van der Waals surface area (Å²) in [5.41, 5.74) is 0. The second-order valence-corrected chi connectivity index (χ2v) is 4.72. The van der Waals surface area contributed by atoms with Crippen molar-refractivity contribution in [1.29, 1.82) is 0 Å². The molecular formula is C30H94. The first kappa shape index (κ1) is 149. The third kappa shape index (κ3) is 319. The Labute approximate surface area is 209 Å². The number of hydrogen-bond acceptors (Lipinski definition) is 0. The summed E-state index contributed by atoms with van der Waals surface area (Å²) in [7, 11) is 0. The van der Waals surface area contributed by atoms with E-state index >= 15 is 0 Å². The highest BCUT2D eigenvalue weighted by Crippen LogP contribution is 2.11. The van der Waals surface area contributed by atoms with E-state index in [1.807, 2.05) is 0 Å². The molecule has 1 unspecified atom stereocenters. The van der Waals surface area contributed by atoms with Crippen LogP contribution in [0.2, 0.25) is 0 Å². The standard InChI is InChI=1S/C9H20.C4H10.C3H8.14CH4/c1-4-6-7-8-9(3)5-2;1-3-4-2;1-3-2;;;;;;;;;;;;;;/h9H,4-8H2,1-3H3;3-4H2,1-2H3;3H2,1-2H3;14*1H4. The van der Waals surface area contributed by atoms with Crippen LogP contribution in [0.3, 0.4) is 0 Å². The quantitative estimate of drug-likeness (QED) is 0.350. The van der Waals surface area contributed by atoms with Crippen molar-refractivity contribution in [3.63, 3.8) is 0 Å². The van der Waals surface area contributed by atoms with Gasteiger partial charge in [0.25, 0.3) is 0 Å². The second-order valence-electron chi connectivity index (χ2n) is 4.72. The van der Waals surface area contributed by atoms with Crippen LogP contribution in [-0.2, 0) is 0 Å². The molecule has 0 N–H and O–H groups in total. The Hall–Kier alpha value is 0. The molecule has 0 radical (unpaired) electrons. The zero-order chi connectivity index (χ0) is 13.2. The highest BCUT2D eigenvalue weighted by atomic mass is 14.0. The molecule has 0 heterocycles. The molecule has 0 aliphatic carbocycles. The van der Waals surface area contributed by atoms with Crippen LogP contribution < -0.4 is 0 Å². The molecule has 0 saturated carbocycles. The van der Waals surface area contributed by atoms with Crippen LogP contribution >= 0.6 is 0 Å². The highest BCUT2D eigenvalue weighted by Gasteiger charge is 1.95. The average Bonchev–Trinajstić information content (AvgIpc) is 2.30. The molecule has 1 atom stereocenters. The minimum Gasteiger partial charge on any atom is -0.0776 e. The summed E-state index contributed by atoms with van der Waals surface area (Å²) < 4.78 is 0. The Morgan fingerprint density at radius 2 is 0.633 bits per heavy atom. The van der Waals surface area contributed by atoms with E-state index in [1.165, 1.54) is 51.4 Å². The Bertz CT molecular complexity index is 74.1. The molecule has 0 saturated heterocycles. The molecule has 0 fully saturated rings. The van der Waals surface area contributed by atoms with Gasteiger partial charge >= 0.3 is 0 Å². The lowest BCUT2D eigenvalue weighted by Crippen LogP contribution is -1.90. The minimum absolute atomic E-state index is 0. The summed E-state index contributed by atoms with van der Waals surface area (Å²) in [6, 6.07) is 0. The van der Waals surface area contributed by atoms with Crippen molar-refractivity contribution in [1.82, 2.24) is 0 Å². The van der Waals surface area contributed by atoms with Crippen LogP contribution in [-0.4, -0.2) is 0 Å². The first-order valence-corrected chi connectivity index (χ1v) is 7.64. The minimum atomic E-state index is 0. The average molecular weight is 455 g/mol. The third-order valence-electron chi connectivity index (χ3n) is 2.50. The predicted octanol–water partition coefficient (Wildman–Crippen LogP) is 15.7. The van der Waals surface area contributed by atoms with Crippen LogP contribution in [0.4, 0.5) is 0 Å². The molecule has 0 aromatic carbocycles. The van der Waals surface area contributed by atoms with Gasteiger partial charge in [-0.1, -0.05) is 204 Å². The zero-order valence-corrected chi connectivity index (χ0v) is 13.2. The van der Waals surface area contributed by atoms with Gasteiger partial charge in [0.05, 0.1) is 0 Å². The van der Waals surface area contributed by atoms with Gasteiger partial charge in [-0.2, -0.15) is 0 Å². The fourth-order valence-corrected chi connectivity index (χ4v) is 0.947. The van der Waals surface area contributed by atoms with Gasteiger partial charge in [0.15, 0.2) is 0 Å². The molecule has 0 amide bonds. The molecule has 0 rings (SSSR count). The van der Waals surface area contributed by atoms with E-state index in [0.717, 1.165) is 5.92 Å². The van der Waals surface area contributed by atoms with Crippen LogP contribution in [0.5, 0.6) is 0 Å². The highest BCUT2D eigenvalue weighted by molar-refractivity contribution is 4.49. The van der Waals surface area contributed by atoms with E-state index in [9.17, 15) is 0 Å². The molecule has 0 aliphatic heterocycles. The summed E-state index contributed by atoms with van der Waals surface area (Å²) >= 11 is 0. The van der Waals surface area contributed by atoms with Crippen molar-refractivity contribution < 1.29 is 0 Å². The van der Waals surface area contributed by atoms with Gasteiger partial charge in [-0.3, -0.25) is 0 Å². The molecule has 0 spiro atoms. The molecule has 214 valence electrons. The van der Waals surface area contributed by atoms with E-state index < -0.39 is 0 Å². The molecule has 0 aromatic rings. The van der Waals surface area contributed by atoms with Crippen molar-refractivity contribution in [3.05, 3.63) is 0 Å². The molecule has 30 heavy (non-hydrogen) atoms. The van der Waals surface area contributed by atoms with Crippen LogP contribution in [0.15, 0.2) is 0 Å². The normalized spacial score (nSPS) is 5.70. The summed E-state index contributed by atoms with van der Waals surface area (Å²) in [5.74, 6) is 0.955. The number of rotatable bonds is 6. The van der Waals surface area contributed by atoms with Crippen LogP contribution in [0.1, 0.15) is 204 Å². The van der Waals surface area contributed by atoms with Gasteiger partial charge in [-0.05, 0) is 5.92 Å². The van der Waals surface area contributed by atoms with Crippen molar-refractivity contribution in [2.75, 3.05) is 0 Å². The first-order chi connectivity index (χ1) is 7.64. The van der Waals surface area contributed by atoms with E-state index in [0.29, 0.717) is 0 Å². The summed E-state index contributed by atoms with van der Waals surface area (Å²) in [6.07, 6.45) is 10.9. The third-order valence-corrected chi connectivity index (χ3v) is 2.50. The molecule has 0 bridgehead atoms. The van der Waals surface area contributed by atoms with Gasteiger partial charge in [0, 0.05) is 0 Å². The summed E-state index contributed by atoms with van der Waals surface area (Å²) in [5, 5.41) is 0. The molecule has 0 nitrogen and oxygen atoms in total. The maximum absolute atomic E-state index is 2.34. The maximum atomic E-state index is 2.34. The van der Waals surface area contributed by atoms with Gasteiger partial charge in [0.2, 0.25) is 0 Å². The van der Waals surface area contributed by atoms with Gasteiger partial charge in [0.1, 0.15) is 0 Å². The predicted molar refractivity (Wildman–Crippen MR) is 174 cm³/mol. The van der Waals surface area contributed by atoms with E-state index in [4.69, 9.17) is 0 Å². The Morgan fingerprint density at radius 1 is 0.400 bits per heavy atom. The largest absolute Gasteiger partial charge is 0.0776 e. The lowest BCUT2D eigenvalue weighted by molar-refractivity contribution is 0.482. The van der Waals surface area contributed by atoms with Crippen molar-refractivity contribution >= 4 is 0 Å². The second kappa shape index (κ2) is 188. The fourth-order valence-electron chi connectivity index (χ4n) is 0.947. The number of hydrogen-bond donors (Lipinski definition) is 0. The summed E-state index contributed by atoms with van der Waals surface area (Å²) in [4.78, 5) is 0. The lowest BCUT2D eigenvalue weighted by atomic mass is 10.0. The molecule has 0 aromatic heterocycles. The monoisotopic (exact) mass is 455 g/mol. The Morgan fingerprint density at radius 3 is 0.767 bits per heavy atom. The summed E-state index contributed by atoms with van der Waals surface area (Å²) in [6.45, 7) is 15.5. The SMILES string of the molecule is C.C.C.C.C.C.C.C.C.C.C.C.C.C.CCC.CCCC.CCCCCC(C)CC. The van der Waals surface area contributed by atoms with E-state index in [-0.39, 0.29) is 104 Å². The first-order valence-electron chi connectivity index (χ1n) is 7.64. The molecule has 0 aliphatic rings. The Balaban J connectivity index is -0.00000000494. The number of unbranched alkanes of at least 4 members (excludes halogenated alkanes) is 3. The van der Waals surface area contributed by atoms with E-state index in [1.54, 1.807) is 0 Å². The molecule has 0 heteroatoms. The zero-order valence-electron chi connectivity index (χ0n) is 13.2. The fraction of sp³-hybridized carbons (Fsp3) is 1.00. The van der Waals surface area contributed by atoms with Gasteiger partial charge in [-0.15, -0.1) is 0 Å². The van der Waals surface area contributed by atoms with Crippen LogP contribution in [0, 0.1) is 5.92 Å². The van der Waals surface area contributed by atoms with Crippen molar-refractivity contribution in [2.45, 2.75) is 204 Å². The van der Waals surface area contributed by atoms with E-state index in [2.05, 4.69) is 48.5 Å². The Kier molecular flexibility index (Phi) is 935. The smallest absolute Gasteiger partial charge is 0.0445 e. The van der Waals surface area contributed by atoms with Crippen molar-refractivity contribution in [2.24, 2.45) is 5.92 Å². The lowest BCUT2D eigenvalue weighted by Gasteiger charge is -2.05. The van der Waals surface area contributed by atoms with Gasteiger partial charge < -0.3 is 0 Å².